The van der Waals surface area contributed by atoms with E-state index in [0.717, 1.165) is 42.7 Å². The molecule has 0 spiro atoms. The van der Waals surface area contributed by atoms with Crippen LogP contribution in [0.25, 0.3) is 11.5 Å². The van der Waals surface area contributed by atoms with Crippen LogP contribution in [-0.4, -0.2) is 17.2 Å². The number of aromatic nitrogens is 1. The van der Waals surface area contributed by atoms with Gasteiger partial charge in [-0.3, -0.25) is 0 Å². The van der Waals surface area contributed by atoms with Gasteiger partial charge in [0.1, 0.15) is 11.5 Å². The molecule has 4 rings (SSSR count). The molecule has 1 aliphatic carbocycles. The van der Waals surface area contributed by atoms with Crippen LogP contribution in [0, 0.1) is 20.8 Å². The van der Waals surface area contributed by atoms with E-state index in [2.05, 4.69) is 55.2 Å². The Kier molecular flexibility index (Phi) is 6.66. The van der Waals surface area contributed by atoms with Gasteiger partial charge >= 0.3 is 0 Å². The highest BCUT2D eigenvalue weighted by atomic mass is 16.5. The minimum absolute atomic E-state index is 0.208. The zero-order valence-corrected chi connectivity index (χ0v) is 18.2. The number of ether oxygens (including phenoxy) is 2. The Morgan fingerprint density at radius 3 is 2.33 bits per heavy atom. The standard InChI is InChI=1S/C26H31NO3/c1-18-7-4-9-21(13-18)16-28-23-11-6-12-24(15-23)29-17-25-20(3)30-26(27-25)22-10-5-8-19(2)14-22/h4-5,7-10,13-14,23-24H,6,11-12,15-17H2,1-3H3. The third-order valence-corrected chi connectivity index (χ3v) is 5.76. The fourth-order valence-electron chi connectivity index (χ4n) is 4.08. The molecule has 1 saturated carbocycles. The first-order valence-corrected chi connectivity index (χ1v) is 10.9. The maximum absolute atomic E-state index is 6.22. The van der Waals surface area contributed by atoms with Crippen molar-refractivity contribution in [2.75, 3.05) is 0 Å². The van der Waals surface area contributed by atoms with Crippen LogP contribution in [0.2, 0.25) is 0 Å². The van der Waals surface area contributed by atoms with Gasteiger partial charge in [-0.25, -0.2) is 4.98 Å². The maximum Gasteiger partial charge on any atom is 0.226 e. The van der Waals surface area contributed by atoms with E-state index < -0.39 is 0 Å². The molecular formula is C26H31NO3. The second kappa shape index (κ2) is 9.59. The molecule has 1 aromatic heterocycles. The van der Waals surface area contributed by atoms with E-state index in [0.29, 0.717) is 19.1 Å². The summed E-state index contributed by atoms with van der Waals surface area (Å²) in [5.41, 5.74) is 5.59. The van der Waals surface area contributed by atoms with Crippen molar-refractivity contribution in [3.8, 4) is 11.5 Å². The number of nitrogens with zero attached hydrogens (tertiary/aromatic N) is 1. The van der Waals surface area contributed by atoms with Crippen molar-refractivity contribution in [2.45, 2.75) is 71.9 Å². The fourth-order valence-corrected chi connectivity index (χ4v) is 4.08. The van der Waals surface area contributed by atoms with Crippen LogP contribution in [0.5, 0.6) is 0 Å². The Bertz CT molecular complexity index is 978. The molecule has 3 aromatic rings. The lowest BCUT2D eigenvalue weighted by Gasteiger charge is -2.29. The Morgan fingerprint density at radius 2 is 1.60 bits per heavy atom. The van der Waals surface area contributed by atoms with Gasteiger partial charge in [0.25, 0.3) is 0 Å². The minimum atomic E-state index is 0.208. The third kappa shape index (κ3) is 5.38. The van der Waals surface area contributed by atoms with Crippen LogP contribution in [0.15, 0.2) is 52.9 Å². The predicted octanol–water partition coefficient (Wildman–Crippen LogP) is 6.31. The van der Waals surface area contributed by atoms with Gasteiger partial charge in [-0.15, -0.1) is 0 Å². The van der Waals surface area contributed by atoms with E-state index in [4.69, 9.17) is 13.9 Å². The Balaban J connectivity index is 1.30. The fraction of sp³-hybridized carbons (Fsp3) is 0.423. The van der Waals surface area contributed by atoms with E-state index in [-0.39, 0.29) is 12.2 Å². The summed E-state index contributed by atoms with van der Waals surface area (Å²) in [6.07, 6.45) is 4.71. The average molecular weight is 406 g/mol. The molecule has 30 heavy (non-hydrogen) atoms. The third-order valence-electron chi connectivity index (χ3n) is 5.76. The van der Waals surface area contributed by atoms with Gasteiger partial charge in [0.15, 0.2) is 0 Å². The summed E-state index contributed by atoms with van der Waals surface area (Å²) >= 11 is 0. The lowest BCUT2D eigenvalue weighted by atomic mass is 9.95. The van der Waals surface area contributed by atoms with Crippen molar-refractivity contribution in [1.29, 1.82) is 0 Å². The van der Waals surface area contributed by atoms with E-state index in [1.165, 1.54) is 16.7 Å². The van der Waals surface area contributed by atoms with Crippen molar-refractivity contribution in [3.63, 3.8) is 0 Å². The number of oxazole rings is 1. The molecule has 1 heterocycles. The van der Waals surface area contributed by atoms with E-state index in [1.807, 2.05) is 19.1 Å². The van der Waals surface area contributed by atoms with E-state index >= 15 is 0 Å². The summed E-state index contributed by atoms with van der Waals surface area (Å²) in [7, 11) is 0. The van der Waals surface area contributed by atoms with Crippen LogP contribution < -0.4 is 0 Å². The molecule has 0 bridgehead atoms. The van der Waals surface area contributed by atoms with Crippen molar-refractivity contribution in [1.82, 2.24) is 4.98 Å². The second-order valence-corrected chi connectivity index (χ2v) is 8.41. The zero-order chi connectivity index (χ0) is 20.9. The first kappa shape index (κ1) is 20.8. The molecule has 0 saturated heterocycles. The largest absolute Gasteiger partial charge is 0.441 e. The highest BCUT2D eigenvalue weighted by molar-refractivity contribution is 5.54. The molecule has 2 unspecified atom stereocenters. The molecule has 1 fully saturated rings. The highest BCUT2D eigenvalue weighted by Crippen LogP contribution is 2.27. The summed E-state index contributed by atoms with van der Waals surface area (Å²) in [5.74, 6) is 1.49. The summed E-state index contributed by atoms with van der Waals surface area (Å²) in [4.78, 5) is 4.69. The van der Waals surface area contributed by atoms with Gasteiger partial charge in [0.05, 0.1) is 25.4 Å². The van der Waals surface area contributed by atoms with Crippen LogP contribution >= 0.6 is 0 Å². The van der Waals surface area contributed by atoms with Crippen molar-refractivity contribution < 1.29 is 13.9 Å². The van der Waals surface area contributed by atoms with Gasteiger partial charge in [0.2, 0.25) is 5.89 Å². The number of benzene rings is 2. The van der Waals surface area contributed by atoms with Gasteiger partial charge in [-0.1, -0.05) is 47.5 Å². The number of hydrogen-bond acceptors (Lipinski definition) is 4. The molecule has 0 radical (unpaired) electrons. The average Bonchev–Trinajstić information content (AvgIpc) is 3.12. The monoisotopic (exact) mass is 405 g/mol. The predicted molar refractivity (Wildman–Crippen MR) is 118 cm³/mol. The number of rotatable bonds is 7. The summed E-state index contributed by atoms with van der Waals surface area (Å²) in [6.45, 7) is 7.30. The van der Waals surface area contributed by atoms with Crippen molar-refractivity contribution >= 4 is 0 Å². The minimum Gasteiger partial charge on any atom is -0.441 e. The first-order valence-electron chi connectivity index (χ1n) is 10.9. The van der Waals surface area contributed by atoms with Crippen LogP contribution in [0.1, 0.15) is 53.8 Å². The van der Waals surface area contributed by atoms with Crippen molar-refractivity contribution in [3.05, 3.63) is 76.7 Å². The number of aryl methyl sites for hydroxylation is 3. The van der Waals surface area contributed by atoms with Crippen LogP contribution in [0.3, 0.4) is 0 Å². The first-order chi connectivity index (χ1) is 14.6. The zero-order valence-electron chi connectivity index (χ0n) is 18.2. The summed E-state index contributed by atoms with van der Waals surface area (Å²) in [5, 5.41) is 0. The van der Waals surface area contributed by atoms with Gasteiger partial charge in [0, 0.05) is 5.56 Å². The molecule has 0 aliphatic heterocycles. The second-order valence-electron chi connectivity index (χ2n) is 8.41. The topological polar surface area (TPSA) is 44.5 Å². The molecule has 2 atom stereocenters. The summed E-state index contributed by atoms with van der Waals surface area (Å²) < 4.78 is 18.3. The van der Waals surface area contributed by atoms with Gasteiger partial charge in [-0.2, -0.15) is 0 Å². The molecule has 1 aliphatic rings. The lowest BCUT2D eigenvalue weighted by Crippen LogP contribution is -2.28. The normalized spacial score (nSPS) is 19.2. The molecule has 2 aromatic carbocycles. The van der Waals surface area contributed by atoms with E-state index in [9.17, 15) is 0 Å². The lowest BCUT2D eigenvalue weighted by molar-refractivity contribution is -0.0562. The SMILES string of the molecule is Cc1cccc(COC2CCCC(OCc3nc(-c4cccc(C)c4)oc3C)C2)c1. The van der Waals surface area contributed by atoms with Crippen LogP contribution in [0.4, 0.5) is 0 Å². The molecule has 0 amide bonds. The Hall–Kier alpha value is -2.43. The number of hydrogen-bond donors (Lipinski definition) is 0. The molecule has 4 heteroatoms. The van der Waals surface area contributed by atoms with Crippen LogP contribution in [-0.2, 0) is 22.7 Å². The molecule has 4 nitrogen and oxygen atoms in total. The quantitative estimate of drug-likeness (QED) is 0.462. The summed E-state index contributed by atoms with van der Waals surface area (Å²) in [6, 6.07) is 16.7. The molecule has 0 N–H and O–H groups in total. The highest BCUT2D eigenvalue weighted by Gasteiger charge is 2.24. The molecular weight excluding hydrogens is 374 g/mol. The smallest absolute Gasteiger partial charge is 0.226 e. The van der Waals surface area contributed by atoms with E-state index in [1.54, 1.807) is 0 Å². The van der Waals surface area contributed by atoms with Crippen molar-refractivity contribution in [2.24, 2.45) is 0 Å². The maximum atomic E-state index is 6.22. The van der Waals surface area contributed by atoms with Gasteiger partial charge < -0.3 is 13.9 Å². The Morgan fingerprint density at radius 1 is 0.900 bits per heavy atom. The van der Waals surface area contributed by atoms with Gasteiger partial charge in [-0.05, 0) is 64.2 Å². The molecule has 158 valence electrons. The Labute approximate surface area is 179 Å².